The quantitative estimate of drug-likeness (QED) is 0.780. The Labute approximate surface area is 141 Å². The number of hydrogen-bond donors (Lipinski definition) is 1. The summed E-state index contributed by atoms with van der Waals surface area (Å²) in [5.74, 6) is 1.53. The molecule has 2 aromatic carbocycles. The van der Waals surface area contributed by atoms with Crippen LogP contribution in [0.2, 0.25) is 0 Å². The molecule has 0 unspecified atom stereocenters. The first-order valence-electron chi connectivity index (χ1n) is 7.78. The normalized spacial score (nSPS) is 11.3. The number of hydrogen-bond acceptors (Lipinski definition) is 5. The Morgan fingerprint density at radius 1 is 1.00 bits per heavy atom. The summed E-state index contributed by atoms with van der Waals surface area (Å²) in [6, 6.07) is 15.9. The molecule has 24 heavy (non-hydrogen) atoms. The average Bonchev–Trinajstić information content (AvgIpc) is 3.07. The summed E-state index contributed by atoms with van der Waals surface area (Å²) in [6.45, 7) is 6.18. The zero-order valence-electron chi connectivity index (χ0n) is 14.3. The third-order valence-corrected chi connectivity index (χ3v) is 3.85. The minimum Gasteiger partial charge on any atom is -0.497 e. The summed E-state index contributed by atoms with van der Waals surface area (Å²) in [6.07, 6.45) is 0. The lowest BCUT2D eigenvalue weighted by Crippen LogP contribution is -2.31. The number of rotatable bonds is 5. The van der Waals surface area contributed by atoms with Gasteiger partial charge in [0.25, 0.3) is 0 Å². The van der Waals surface area contributed by atoms with Crippen LogP contribution < -0.4 is 10.1 Å². The molecule has 1 heterocycles. The lowest BCUT2D eigenvalue weighted by molar-refractivity contribution is 0.414. The Hall–Kier alpha value is -2.89. The molecule has 6 heteroatoms. The van der Waals surface area contributed by atoms with Crippen LogP contribution in [0.5, 0.6) is 5.75 Å². The van der Waals surface area contributed by atoms with Crippen molar-refractivity contribution in [1.29, 1.82) is 0 Å². The summed E-state index contributed by atoms with van der Waals surface area (Å²) in [5.41, 5.74) is 2.68. The first kappa shape index (κ1) is 16.0. The molecule has 0 aliphatic carbocycles. The van der Waals surface area contributed by atoms with E-state index in [1.165, 1.54) is 5.56 Å². The molecule has 0 atom stereocenters. The number of tetrazole rings is 1. The smallest absolute Gasteiger partial charge is 0.181 e. The van der Waals surface area contributed by atoms with Gasteiger partial charge in [0.15, 0.2) is 5.82 Å². The second kappa shape index (κ2) is 6.31. The van der Waals surface area contributed by atoms with Crippen LogP contribution in [0.15, 0.2) is 48.5 Å². The van der Waals surface area contributed by atoms with E-state index >= 15 is 0 Å². The average molecular weight is 323 g/mol. The summed E-state index contributed by atoms with van der Waals surface area (Å²) in [7, 11) is 1.64. The molecule has 3 aromatic rings. The summed E-state index contributed by atoms with van der Waals surface area (Å²) in [5, 5.41) is 15.7. The van der Waals surface area contributed by atoms with Crippen LogP contribution in [-0.4, -0.2) is 27.3 Å². The summed E-state index contributed by atoms with van der Waals surface area (Å²) in [4.78, 5) is 0. The lowest BCUT2D eigenvalue weighted by atomic mass is 10.0. The molecule has 0 spiro atoms. The van der Waals surface area contributed by atoms with Gasteiger partial charge in [0, 0.05) is 5.69 Å². The van der Waals surface area contributed by atoms with E-state index in [1.54, 1.807) is 11.8 Å². The molecule has 3 rings (SSSR count). The zero-order valence-corrected chi connectivity index (χ0v) is 14.3. The van der Waals surface area contributed by atoms with Crippen molar-refractivity contribution >= 4 is 5.69 Å². The Balaban J connectivity index is 1.91. The topological polar surface area (TPSA) is 64.9 Å². The molecule has 0 bridgehead atoms. The van der Waals surface area contributed by atoms with E-state index in [4.69, 9.17) is 4.74 Å². The van der Waals surface area contributed by atoms with Gasteiger partial charge in [-0.1, -0.05) is 17.7 Å². The second-order valence-electron chi connectivity index (χ2n) is 6.23. The molecule has 6 nitrogen and oxygen atoms in total. The number of methoxy groups -OCH3 is 1. The number of aromatic nitrogens is 4. The van der Waals surface area contributed by atoms with Gasteiger partial charge in [-0.25, -0.2) is 0 Å². The molecule has 0 saturated heterocycles. The maximum atomic E-state index is 5.20. The fourth-order valence-electron chi connectivity index (χ4n) is 2.53. The molecule has 124 valence electrons. The molecule has 0 aliphatic rings. The van der Waals surface area contributed by atoms with Crippen LogP contribution in [-0.2, 0) is 5.54 Å². The molecule has 0 aliphatic heterocycles. The third kappa shape index (κ3) is 3.22. The highest BCUT2D eigenvalue weighted by molar-refractivity contribution is 5.47. The van der Waals surface area contributed by atoms with Crippen LogP contribution in [0.3, 0.4) is 0 Å². The third-order valence-electron chi connectivity index (χ3n) is 3.85. The molecular weight excluding hydrogens is 302 g/mol. The highest BCUT2D eigenvalue weighted by atomic mass is 16.5. The minimum atomic E-state index is -0.446. The first-order valence-corrected chi connectivity index (χ1v) is 7.78. The van der Waals surface area contributed by atoms with Crippen molar-refractivity contribution in [3.8, 4) is 11.4 Å². The van der Waals surface area contributed by atoms with E-state index in [9.17, 15) is 0 Å². The van der Waals surface area contributed by atoms with Gasteiger partial charge >= 0.3 is 0 Å². The second-order valence-corrected chi connectivity index (χ2v) is 6.23. The van der Waals surface area contributed by atoms with E-state index in [1.807, 2.05) is 24.3 Å². The molecule has 0 radical (unpaired) electrons. The van der Waals surface area contributed by atoms with Crippen molar-refractivity contribution in [1.82, 2.24) is 20.2 Å². The van der Waals surface area contributed by atoms with E-state index in [0.717, 1.165) is 22.9 Å². The van der Waals surface area contributed by atoms with Gasteiger partial charge in [0.05, 0.1) is 18.3 Å². The number of nitrogens with one attached hydrogen (secondary N) is 1. The number of nitrogens with zero attached hydrogens (tertiary/aromatic N) is 4. The molecule has 1 N–H and O–H groups in total. The summed E-state index contributed by atoms with van der Waals surface area (Å²) >= 11 is 0. The number of benzene rings is 2. The van der Waals surface area contributed by atoms with Crippen LogP contribution >= 0.6 is 0 Å². The van der Waals surface area contributed by atoms with Gasteiger partial charge in [0.2, 0.25) is 0 Å². The van der Waals surface area contributed by atoms with Gasteiger partial charge in [0.1, 0.15) is 5.75 Å². The minimum absolute atomic E-state index is 0.446. The molecule has 1 aromatic heterocycles. The molecule has 0 amide bonds. The molecule has 0 fully saturated rings. The Morgan fingerprint density at radius 2 is 1.67 bits per heavy atom. The molecular formula is C18H21N5O. The monoisotopic (exact) mass is 323 g/mol. The number of ether oxygens (including phenoxy) is 1. The standard InChI is InChI=1S/C18H21N5O/c1-13-5-7-14(8-6-13)19-18(2,3)17-20-21-22-23(17)15-9-11-16(24-4)12-10-15/h5-12,19H,1-4H3. The Bertz CT molecular complexity index is 806. The van der Waals surface area contributed by atoms with Gasteiger partial charge in [-0.15, -0.1) is 5.10 Å². The van der Waals surface area contributed by atoms with Crippen molar-refractivity contribution in [3.05, 3.63) is 59.9 Å². The fourth-order valence-corrected chi connectivity index (χ4v) is 2.53. The van der Waals surface area contributed by atoms with Crippen LogP contribution in [0.1, 0.15) is 25.2 Å². The van der Waals surface area contributed by atoms with Crippen molar-refractivity contribution in [2.45, 2.75) is 26.3 Å². The van der Waals surface area contributed by atoms with Crippen LogP contribution in [0.4, 0.5) is 5.69 Å². The maximum absolute atomic E-state index is 5.20. The summed E-state index contributed by atoms with van der Waals surface area (Å²) < 4.78 is 6.94. The van der Waals surface area contributed by atoms with E-state index < -0.39 is 5.54 Å². The van der Waals surface area contributed by atoms with Crippen molar-refractivity contribution in [3.63, 3.8) is 0 Å². The fraction of sp³-hybridized carbons (Fsp3) is 0.278. The zero-order chi connectivity index (χ0) is 17.2. The SMILES string of the molecule is COc1ccc(-n2nnnc2C(C)(C)Nc2ccc(C)cc2)cc1. The van der Waals surface area contributed by atoms with E-state index in [0.29, 0.717) is 0 Å². The van der Waals surface area contributed by atoms with Gasteiger partial charge in [-0.3, -0.25) is 0 Å². The van der Waals surface area contributed by atoms with Crippen LogP contribution in [0.25, 0.3) is 5.69 Å². The Kier molecular flexibility index (Phi) is 4.20. The van der Waals surface area contributed by atoms with Crippen molar-refractivity contribution in [2.24, 2.45) is 0 Å². The lowest BCUT2D eigenvalue weighted by Gasteiger charge is -2.26. The Morgan fingerprint density at radius 3 is 2.29 bits per heavy atom. The van der Waals surface area contributed by atoms with E-state index in [-0.39, 0.29) is 0 Å². The predicted molar refractivity (Wildman–Crippen MR) is 93.5 cm³/mol. The highest BCUT2D eigenvalue weighted by Gasteiger charge is 2.28. The predicted octanol–water partition coefficient (Wildman–Crippen LogP) is 3.33. The van der Waals surface area contributed by atoms with Crippen molar-refractivity contribution in [2.75, 3.05) is 12.4 Å². The van der Waals surface area contributed by atoms with Crippen molar-refractivity contribution < 1.29 is 4.74 Å². The van der Waals surface area contributed by atoms with E-state index in [2.05, 4.69) is 65.9 Å². The molecule has 0 saturated carbocycles. The van der Waals surface area contributed by atoms with Crippen LogP contribution in [0, 0.1) is 6.92 Å². The number of anilines is 1. The number of aryl methyl sites for hydroxylation is 1. The van der Waals surface area contributed by atoms with Gasteiger partial charge in [-0.05, 0) is 67.6 Å². The largest absolute Gasteiger partial charge is 0.497 e. The highest BCUT2D eigenvalue weighted by Crippen LogP contribution is 2.26. The van der Waals surface area contributed by atoms with Gasteiger partial charge < -0.3 is 10.1 Å². The first-order chi connectivity index (χ1) is 11.5. The van der Waals surface area contributed by atoms with Gasteiger partial charge in [-0.2, -0.15) is 4.68 Å². The maximum Gasteiger partial charge on any atom is 0.181 e.